The van der Waals surface area contributed by atoms with Gasteiger partial charge in [0, 0.05) is 24.8 Å². The molecule has 1 aliphatic carbocycles. The molecule has 2 unspecified atom stereocenters. The molecule has 2 heterocycles. The van der Waals surface area contributed by atoms with Crippen LogP contribution in [0.15, 0.2) is 6.07 Å². The molecule has 0 aromatic carbocycles. The lowest BCUT2D eigenvalue weighted by Gasteiger charge is -2.16. The smallest absolute Gasteiger partial charge is 0.376 e. The molecule has 24 heavy (non-hydrogen) atoms. The first-order valence-electron chi connectivity index (χ1n) is 8.39. The molecule has 1 saturated carbocycles. The van der Waals surface area contributed by atoms with Crippen LogP contribution in [0.1, 0.15) is 49.9 Å². The third kappa shape index (κ3) is 4.09. The second-order valence-electron chi connectivity index (χ2n) is 6.69. The SMILES string of the molecule is CC(Cn1nc(C(F)(F)F)cc1C1CC1)C(=O)NCC1CCCO1. The largest absolute Gasteiger partial charge is 0.435 e. The molecular formula is C16H22F3N3O2. The van der Waals surface area contributed by atoms with Crippen LogP contribution in [0.2, 0.25) is 0 Å². The topological polar surface area (TPSA) is 56.2 Å². The maximum Gasteiger partial charge on any atom is 0.435 e. The monoisotopic (exact) mass is 345 g/mol. The van der Waals surface area contributed by atoms with E-state index < -0.39 is 17.8 Å². The number of ether oxygens (including phenoxy) is 1. The standard InChI is InChI=1S/C16H22F3N3O2/c1-10(15(23)20-8-12-3-2-6-24-12)9-22-13(11-4-5-11)7-14(21-22)16(17,18)19/h7,10-12H,2-6,8-9H2,1H3,(H,20,23). The third-order valence-electron chi connectivity index (χ3n) is 4.52. The van der Waals surface area contributed by atoms with Crippen molar-refractivity contribution in [2.24, 2.45) is 5.92 Å². The van der Waals surface area contributed by atoms with Gasteiger partial charge in [-0.05, 0) is 31.7 Å². The van der Waals surface area contributed by atoms with Gasteiger partial charge in [-0.2, -0.15) is 18.3 Å². The van der Waals surface area contributed by atoms with Gasteiger partial charge in [-0.25, -0.2) is 0 Å². The molecule has 1 saturated heterocycles. The molecule has 2 atom stereocenters. The lowest BCUT2D eigenvalue weighted by atomic mass is 10.1. The molecule has 1 aromatic heterocycles. The molecule has 1 aliphatic heterocycles. The molecule has 2 aliphatic rings. The lowest BCUT2D eigenvalue weighted by Crippen LogP contribution is -2.37. The number of rotatable bonds is 6. The minimum Gasteiger partial charge on any atom is -0.376 e. The Morgan fingerprint density at radius 1 is 1.46 bits per heavy atom. The minimum atomic E-state index is -4.46. The quantitative estimate of drug-likeness (QED) is 0.862. The summed E-state index contributed by atoms with van der Waals surface area (Å²) in [7, 11) is 0. The molecule has 0 radical (unpaired) electrons. The summed E-state index contributed by atoms with van der Waals surface area (Å²) in [6, 6.07) is 1.12. The van der Waals surface area contributed by atoms with E-state index in [1.807, 2.05) is 0 Å². The normalized spacial score (nSPS) is 22.6. The summed E-state index contributed by atoms with van der Waals surface area (Å²) < 4.78 is 45.5. The van der Waals surface area contributed by atoms with Gasteiger partial charge in [-0.15, -0.1) is 0 Å². The van der Waals surface area contributed by atoms with Gasteiger partial charge in [0.1, 0.15) is 0 Å². The van der Waals surface area contributed by atoms with Gasteiger partial charge in [0.05, 0.1) is 18.6 Å². The number of hydrogen-bond acceptors (Lipinski definition) is 3. The number of aromatic nitrogens is 2. The number of hydrogen-bond donors (Lipinski definition) is 1. The second kappa shape index (κ2) is 6.74. The highest BCUT2D eigenvalue weighted by Crippen LogP contribution is 2.42. The molecule has 0 bridgehead atoms. The van der Waals surface area contributed by atoms with Crippen LogP contribution in [0.5, 0.6) is 0 Å². The highest BCUT2D eigenvalue weighted by atomic mass is 19.4. The molecule has 134 valence electrons. The van der Waals surface area contributed by atoms with E-state index in [4.69, 9.17) is 4.74 Å². The summed E-state index contributed by atoms with van der Waals surface area (Å²) in [4.78, 5) is 12.2. The van der Waals surface area contributed by atoms with Crippen molar-refractivity contribution in [2.45, 2.75) is 57.3 Å². The molecule has 0 spiro atoms. The Bertz CT molecular complexity index is 590. The maximum absolute atomic E-state index is 12.9. The number of halogens is 3. The summed E-state index contributed by atoms with van der Waals surface area (Å²) >= 11 is 0. The van der Waals surface area contributed by atoms with E-state index in [1.165, 1.54) is 4.68 Å². The van der Waals surface area contributed by atoms with E-state index in [1.54, 1.807) is 6.92 Å². The fraction of sp³-hybridized carbons (Fsp3) is 0.750. The highest BCUT2D eigenvalue weighted by Gasteiger charge is 2.38. The Morgan fingerprint density at radius 3 is 2.79 bits per heavy atom. The predicted octanol–water partition coefficient (Wildman–Crippen LogP) is 2.71. The average Bonchev–Trinajstić information content (AvgIpc) is 3.05. The van der Waals surface area contributed by atoms with Crippen molar-refractivity contribution in [3.8, 4) is 0 Å². The van der Waals surface area contributed by atoms with E-state index in [0.29, 0.717) is 18.8 Å². The molecule has 8 heteroatoms. The molecule has 3 rings (SSSR count). The van der Waals surface area contributed by atoms with E-state index in [0.717, 1.165) is 31.7 Å². The summed E-state index contributed by atoms with van der Waals surface area (Å²) in [5, 5.41) is 6.51. The molecule has 1 N–H and O–H groups in total. The number of alkyl halides is 3. The Hall–Kier alpha value is -1.57. The predicted molar refractivity (Wildman–Crippen MR) is 80.4 cm³/mol. The van der Waals surface area contributed by atoms with Gasteiger partial charge in [0.25, 0.3) is 0 Å². The number of nitrogens with zero attached hydrogens (tertiary/aromatic N) is 2. The number of nitrogens with one attached hydrogen (secondary N) is 1. The van der Waals surface area contributed by atoms with Crippen molar-refractivity contribution in [3.05, 3.63) is 17.5 Å². The molecular weight excluding hydrogens is 323 g/mol. The lowest BCUT2D eigenvalue weighted by molar-refractivity contribution is -0.141. The van der Waals surface area contributed by atoms with E-state index in [9.17, 15) is 18.0 Å². The zero-order valence-corrected chi connectivity index (χ0v) is 13.6. The maximum atomic E-state index is 12.9. The fourth-order valence-corrected chi connectivity index (χ4v) is 2.96. The summed E-state index contributed by atoms with van der Waals surface area (Å²) in [6.45, 7) is 3.02. The van der Waals surface area contributed by atoms with Crippen LogP contribution >= 0.6 is 0 Å². The zero-order chi connectivity index (χ0) is 17.3. The van der Waals surface area contributed by atoms with Crippen molar-refractivity contribution < 1.29 is 22.7 Å². The first kappa shape index (κ1) is 17.3. The van der Waals surface area contributed by atoms with Gasteiger partial charge in [-0.3, -0.25) is 9.48 Å². The Kier molecular flexibility index (Phi) is 4.85. The van der Waals surface area contributed by atoms with Crippen LogP contribution < -0.4 is 5.32 Å². The Balaban J connectivity index is 1.61. The van der Waals surface area contributed by atoms with Gasteiger partial charge < -0.3 is 10.1 Å². The number of carbonyl (C=O) groups is 1. The summed E-state index contributed by atoms with van der Waals surface area (Å²) in [5.41, 5.74) is -0.294. The summed E-state index contributed by atoms with van der Waals surface area (Å²) in [6.07, 6.45) is -0.737. The van der Waals surface area contributed by atoms with Crippen LogP contribution in [0.25, 0.3) is 0 Å². The van der Waals surface area contributed by atoms with Crippen molar-refractivity contribution in [1.82, 2.24) is 15.1 Å². The minimum absolute atomic E-state index is 0.0460. The van der Waals surface area contributed by atoms with Gasteiger partial charge in [0.2, 0.25) is 5.91 Å². The fourth-order valence-electron chi connectivity index (χ4n) is 2.96. The number of carbonyl (C=O) groups excluding carboxylic acids is 1. The van der Waals surface area contributed by atoms with Crippen molar-refractivity contribution in [1.29, 1.82) is 0 Å². The Labute approximate surface area is 138 Å². The van der Waals surface area contributed by atoms with Crippen LogP contribution in [-0.4, -0.2) is 34.9 Å². The van der Waals surface area contributed by atoms with Crippen LogP contribution in [0.3, 0.4) is 0 Å². The highest BCUT2D eigenvalue weighted by molar-refractivity contribution is 5.78. The second-order valence-corrected chi connectivity index (χ2v) is 6.69. The van der Waals surface area contributed by atoms with E-state index in [-0.39, 0.29) is 24.5 Å². The van der Waals surface area contributed by atoms with Crippen molar-refractivity contribution in [3.63, 3.8) is 0 Å². The van der Waals surface area contributed by atoms with Crippen molar-refractivity contribution in [2.75, 3.05) is 13.2 Å². The molecule has 5 nitrogen and oxygen atoms in total. The van der Waals surface area contributed by atoms with Crippen LogP contribution in [0.4, 0.5) is 13.2 Å². The first-order valence-corrected chi connectivity index (χ1v) is 8.39. The zero-order valence-electron chi connectivity index (χ0n) is 13.6. The van der Waals surface area contributed by atoms with Crippen LogP contribution in [0, 0.1) is 5.92 Å². The van der Waals surface area contributed by atoms with E-state index >= 15 is 0 Å². The molecule has 2 fully saturated rings. The first-order chi connectivity index (χ1) is 11.3. The average molecular weight is 345 g/mol. The van der Waals surface area contributed by atoms with Crippen LogP contribution in [-0.2, 0) is 22.3 Å². The van der Waals surface area contributed by atoms with Gasteiger partial charge in [-0.1, -0.05) is 6.92 Å². The van der Waals surface area contributed by atoms with Gasteiger partial charge in [0.15, 0.2) is 5.69 Å². The Morgan fingerprint density at radius 2 is 2.21 bits per heavy atom. The molecule has 1 amide bonds. The number of amides is 1. The summed E-state index contributed by atoms with van der Waals surface area (Å²) in [5.74, 6) is -0.503. The van der Waals surface area contributed by atoms with Crippen molar-refractivity contribution >= 4 is 5.91 Å². The molecule has 1 aromatic rings. The van der Waals surface area contributed by atoms with Gasteiger partial charge >= 0.3 is 6.18 Å². The van der Waals surface area contributed by atoms with E-state index in [2.05, 4.69) is 10.4 Å². The third-order valence-corrected chi connectivity index (χ3v) is 4.52.